The van der Waals surface area contributed by atoms with Gasteiger partial charge in [-0.2, -0.15) is 0 Å². The lowest BCUT2D eigenvalue weighted by molar-refractivity contribution is -0.253. The van der Waals surface area contributed by atoms with Gasteiger partial charge in [0.15, 0.2) is 16.1 Å². The number of carbonyl (C=O) groups excluding carboxylic acids is 1. The maximum absolute atomic E-state index is 13.4. The molecular weight excluding hydrogens is 621 g/mol. The molecule has 1 aliphatic rings. The SMILES string of the molecule is O=C(Nc1nc2ccccc2s1)c1cccc2c1CN(c1nc(COO)c(CCCOc3ccc(-c4ncccn4)cc3)s1)CC2. The Morgan fingerprint density at radius 2 is 1.80 bits per heavy atom. The normalized spacial score (nSPS) is 12.7. The molecule has 0 radical (unpaired) electrons. The van der Waals surface area contributed by atoms with Crippen molar-refractivity contribution in [2.45, 2.75) is 32.4 Å². The third kappa shape index (κ3) is 6.60. The molecule has 0 bridgehead atoms. The fourth-order valence-electron chi connectivity index (χ4n) is 5.49. The molecule has 0 spiro atoms. The van der Waals surface area contributed by atoms with Gasteiger partial charge in [-0.1, -0.05) is 35.6 Å². The van der Waals surface area contributed by atoms with Crippen molar-refractivity contribution < 1.29 is 19.7 Å². The highest BCUT2D eigenvalue weighted by molar-refractivity contribution is 7.22. The van der Waals surface area contributed by atoms with Gasteiger partial charge < -0.3 is 9.64 Å². The van der Waals surface area contributed by atoms with Gasteiger partial charge in [0.1, 0.15) is 12.4 Å². The number of hydrogen-bond acceptors (Lipinski definition) is 11. The Bertz CT molecular complexity index is 1930. The van der Waals surface area contributed by atoms with Crippen LogP contribution in [-0.2, 0) is 30.9 Å². The number of nitrogens with zero attached hydrogens (tertiary/aromatic N) is 5. The van der Waals surface area contributed by atoms with Crippen LogP contribution in [-0.4, -0.2) is 44.3 Å². The fourth-order valence-corrected chi connectivity index (χ4v) is 7.48. The van der Waals surface area contributed by atoms with Crippen molar-refractivity contribution >= 4 is 49.1 Å². The minimum atomic E-state index is -0.171. The van der Waals surface area contributed by atoms with Gasteiger partial charge in [-0.3, -0.25) is 15.4 Å². The molecule has 7 rings (SSSR count). The highest BCUT2D eigenvalue weighted by atomic mass is 32.1. The van der Waals surface area contributed by atoms with Gasteiger partial charge in [0.2, 0.25) is 0 Å². The summed E-state index contributed by atoms with van der Waals surface area (Å²) in [5, 5.41) is 13.7. The predicted octanol–water partition coefficient (Wildman–Crippen LogP) is 7.03. The van der Waals surface area contributed by atoms with Crippen LogP contribution in [0.4, 0.5) is 10.3 Å². The van der Waals surface area contributed by atoms with E-state index in [0.29, 0.717) is 35.4 Å². The Morgan fingerprint density at radius 3 is 2.63 bits per heavy atom. The van der Waals surface area contributed by atoms with Crippen molar-refractivity contribution in [3.05, 3.63) is 112 Å². The first-order valence-electron chi connectivity index (χ1n) is 14.9. The second-order valence-corrected chi connectivity index (χ2v) is 12.8. The number of anilines is 2. The zero-order chi connectivity index (χ0) is 31.3. The molecular formula is C34H30N6O4S2. The number of thiazole rings is 2. The molecule has 3 aromatic carbocycles. The van der Waals surface area contributed by atoms with Crippen molar-refractivity contribution in [2.24, 2.45) is 0 Å². The van der Waals surface area contributed by atoms with Crippen LogP contribution >= 0.6 is 22.7 Å². The maximum atomic E-state index is 13.4. The molecule has 0 aliphatic carbocycles. The summed E-state index contributed by atoms with van der Waals surface area (Å²) in [5.74, 6) is 1.28. The van der Waals surface area contributed by atoms with Crippen LogP contribution in [0.1, 0.15) is 38.5 Å². The molecule has 3 aromatic heterocycles. The minimum Gasteiger partial charge on any atom is -0.494 e. The van der Waals surface area contributed by atoms with E-state index < -0.39 is 0 Å². The average molecular weight is 651 g/mol. The van der Waals surface area contributed by atoms with Gasteiger partial charge in [-0.15, -0.1) is 11.3 Å². The van der Waals surface area contributed by atoms with Gasteiger partial charge in [0, 0.05) is 41.5 Å². The first-order valence-corrected chi connectivity index (χ1v) is 16.6. The maximum Gasteiger partial charge on any atom is 0.257 e. The van der Waals surface area contributed by atoms with E-state index in [4.69, 9.17) is 9.72 Å². The Balaban J connectivity index is 1.00. The van der Waals surface area contributed by atoms with Crippen LogP contribution in [0.5, 0.6) is 5.75 Å². The van der Waals surface area contributed by atoms with Crippen LogP contribution < -0.4 is 15.0 Å². The average Bonchev–Trinajstić information content (AvgIpc) is 3.70. The lowest BCUT2D eigenvalue weighted by Crippen LogP contribution is -2.32. The second kappa shape index (κ2) is 13.7. The zero-order valence-corrected chi connectivity index (χ0v) is 26.4. The van der Waals surface area contributed by atoms with Crippen LogP contribution in [0, 0.1) is 0 Å². The summed E-state index contributed by atoms with van der Waals surface area (Å²) >= 11 is 3.05. The first-order chi connectivity index (χ1) is 22.6. The van der Waals surface area contributed by atoms with E-state index in [-0.39, 0.29) is 12.5 Å². The molecule has 0 saturated carbocycles. The number of para-hydroxylation sites is 1. The van der Waals surface area contributed by atoms with Crippen molar-refractivity contribution in [1.29, 1.82) is 0 Å². The number of rotatable bonds is 11. The van der Waals surface area contributed by atoms with E-state index in [0.717, 1.165) is 68.5 Å². The van der Waals surface area contributed by atoms with E-state index in [1.807, 2.05) is 60.7 Å². The number of carbonyl (C=O) groups is 1. The Hall–Kier alpha value is -4.75. The summed E-state index contributed by atoms with van der Waals surface area (Å²) in [7, 11) is 0. The molecule has 46 heavy (non-hydrogen) atoms. The summed E-state index contributed by atoms with van der Waals surface area (Å²) in [6.45, 7) is 1.86. The van der Waals surface area contributed by atoms with E-state index >= 15 is 0 Å². The highest BCUT2D eigenvalue weighted by Gasteiger charge is 2.25. The number of aryl methyl sites for hydroxylation is 1. The van der Waals surface area contributed by atoms with Gasteiger partial charge in [-0.25, -0.2) is 24.8 Å². The molecule has 0 unspecified atom stereocenters. The summed E-state index contributed by atoms with van der Waals surface area (Å²) in [6, 6.07) is 23.3. The monoisotopic (exact) mass is 650 g/mol. The molecule has 1 amide bonds. The number of fused-ring (bicyclic) bond motifs is 2. The van der Waals surface area contributed by atoms with E-state index in [2.05, 4.69) is 36.1 Å². The number of benzene rings is 3. The van der Waals surface area contributed by atoms with E-state index in [1.165, 1.54) is 11.3 Å². The van der Waals surface area contributed by atoms with Gasteiger partial charge in [0.25, 0.3) is 5.91 Å². The number of nitrogens with one attached hydrogen (secondary N) is 1. The third-order valence-corrected chi connectivity index (χ3v) is 9.94. The molecule has 10 nitrogen and oxygen atoms in total. The summed E-state index contributed by atoms with van der Waals surface area (Å²) in [4.78, 5) is 39.2. The molecule has 0 fully saturated rings. The first kappa shape index (κ1) is 29.9. The molecule has 2 N–H and O–H groups in total. The van der Waals surface area contributed by atoms with Gasteiger partial charge in [0.05, 0.1) is 22.5 Å². The highest BCUT2D eigenvalue weighted by Crippen LogP contribution is 2.33. The lowest BCUT2D eigenvalue weighted by atomic mass is 9.94. The number of ether oxygens (including phenoxy) is 1. The van der Waals surface area contributed by atoms with Gasteiger partial charge in [-0.05, 0) is 78.9 Å². The third-order valence-electron chi connectivity index (χ3n) is 7.77. The topological polar surface area (TPSA) is 123 Å². The number of aromatic nitrogens is 4. The fraction of sp³-hybridized carbons (Fsp3) is 0.206. The summed E-state index contributed by atoms with van der Waals surface area (Å²) < 4.78 is 7.02. The van der Waals surface area contributed by atoms with Crippen molar-refractivity contribution in [3.63, 3.8) is 0 Å². The molecule has 232 valence electrons. The van der Waals surface area contributed by atoms with Crippen LogP contribution in [0.2, 0.25) is 0 Å². The minimum absolute atomic E-state index is 0.00988. The van der Waals surface area contributed by atoms with Crippen LogP contribution in [0.3, 0.4) is 0 Å². The number of hydrogen-bond donors (Lipinski definition) is 2. The molecule has 0 saturated heterocycles. The molecule has 1 aliphatic heterocycles. The molecule has 6 aromatic rings. The summed E-state index contributed by atoms with van der Waals surface area (Å²) in [6.07, 6.45) is 5.73. The van der Waals surface area contributed by atoms with Crippen molar-refractivity contribution in [1.82, 2.24) is 19.9 Å². The largest absolute Gasteiger partial charge is 0.494 e. The van der Waals surface area contributed by atoms with E-state index in [9.17, 15) is 10.1 Å². The molecule has 12 heteroatoms. The van der Waals surface area contributed by atoms with Crippen LogP contribution in [0.25, 0.3) is 21.6 Å². The van der Waals surface area contributed by atoms with Crippen molar-refractivity contribution in [2.75, 3.05) is 23.4 Å². The summed E-state index contributed by atoms with van der Waals surface area (Å²) in [5.41, 5.74) is 5.29. The van der Waals surface area contributed by atoms with E-state index in [1.54, 1.807) is 29.8 Å². The van der Waals surface area contributed by atoms with Crippen molar-refractivity contribution in [3.8, 4) is 17.1 Å². The molecule has 0 atom stereocenters. The smallest absolute Gasteiger partial charge is 0.257 e. The lowest BCUT2D eigenvalue weighted by Gasteiger charge is -2.29. The molecule has 4 heterocycles. The van der Waals surface area contributed by atoms with Gasteiger partial charge >= 0.3 is 0 Å². The zero-order valence-electron chi connectivity index (χ0n) is 24.8. The Morgan fingerprint density at radius 1 is 0.957 bits per heavy atom. The Labute approximate surface area is 273 Å². The second-order valence-electron chi connectivity index (χ2n) is 10.7. The standard InChI is InChI=1S/C34H30N6O4S2/c41-32(39-33-37-27-8-1-2-9-29(27)45-33)25-7-3-6-22-15-18-40(20-26(22)25)34-38-28(21-44-42)30(46-34)10-4-19-43-24-13-11-23(12-14-24)31-35-16-5-17-36-31/h1-3,5-9,11-14,16-17,42H,4,10,15,18-21H2,(H,37,39,41). The number of amides is 1. The quantitative estimate of drug-likeness (QED) is 0.0865. The predicted molar refractivity (Wildman–Crippen MR) is 180 cm³/mol. The van der Waals surface area contributed by atoms with Crippen LogP contribution in [0.15, 0.2) is 85.2 Å². The Kier molecular flexibility index (Phi) is 8.92.